The minimum Gasteiger partial charge on any atom is -0.374 e. The lowest BCUT2D eigenvalue weighted by molar-refractivity contribution is 0.0471. The van der Waals surface area contributed by atoms with Crippen LogP contribution < -0.4 is 5.32 Å². The Hall–Kier alpha value is -0.380. The number of thiophene rings is 1. The van der Waals surface area contributed by atoms with Crippen molar-refractivity contribution in [1.82, 2.24) is 5.32 Å². The van der Waals surface area contributed by atoms with E-state index < -0.39 is 0 Å². The second kappa shape index (κ2) is 7.41. The first kappa shape index (κ1) is 16.7. The predicted octanol–water partition coefficient (Wildman–Crippen LogP) is 4.65. The van der Waals surface area contributed by atoms with Crippen LogP contribution in [0.1, 0.15) is 62.8 Å². The molecule has 0 saturated heterocycles. The molecule has 0 bridgehead atoms. The summed E-state index contributed by atoms with van der Waals surface area (Å²) < 4.78 is 5.89. The Bertz CT molecular complexity index is 379. The molecule has 3 heteroatoms. The molecule has 0 aromatic carbocycles. The molecule has 0 saturated carbocycles. The van der Waals surface area contributed by atoms with Gasteiger partial charge >= 0.3 is 0 Å². The average Bonchev–Trinajstić information content (AvgIpc) is 2.64. The highest BCUT2D eigenvalue weighted by Crippen LogP contribution is 2.23. The number of hydrogen-bond donors (Lipinski definition) is 1. The fourth-order valence-corrected chi connectivity index (χ4v) is 2.88. The van der Waals surface area contributed by atoms with E-state index in [2.05, 4.69) is 52.9 Å². The zero-order valence-corrected chi connectivity index (χ0v) is 14.1. The summed E-state index contributed by atoms with van der Waals surface area (Å²) >= 11 is 1.88. The van der Waals surface area contributed by atoms with Crippen LogP contribution >= 0.6 is 11.3 Å². The highest BCUT2D eigenvalue weighted by Gasteiger charge is 2.11. The first-order valence-electron chi connectivity index (χ1n) is 7.26. The van der Waals surface area contributed by atoms with E-state index in [9.17, 15) is 0 Å². The Morgan fingerprint density at radius 3 is 2.63 bits per heavy atom. The van der Waals surface area contributed by atoms with Gasteiger partial charge in [-0.3, -0.25) is 0 Å². The third kappa shape index (κ3) is 6.55. The van der Waals surface area contributed by atoms with Gasteiger partial charge < -0.3 is 10.1 Å². The Labute approximate surface area is 122 Å². The van der Waals surface area contributed by atoms with Gasteiger partial charge in [0.05, 0.1) is 12.7 Å². The van der Waals surface area contributed by atoms with E-state index in [-0.39, 0.29) is 5.54 Å². The van der Waals surface area contributed by atoms with Gasteiger partial charge in [0.2, 0.25) is 0 Å². The molecule has 0 aliphatic carbocycles. The molecule has 2 nitrogen and oxygen atoms in total. The van der Waals surface area contributed by atoms with Crippen molar-refractivity contribution in [2.45, 2.75) is 79.2 Å². The molecule has 1 unspecified atom stereocenters. The fraction of sp³-hybridized carbons (Fsp3) is 0.750. The molecule has 1 aromatic rings. The molecule has 0 aliphatic rings. The van der Waals surface area contributed by atoms with Crippen molar-refractivity contribution in [2.75, 3.05) is 0 Å². The minimum absolute atomic E-state index is 0.171. The summed E-state index contributed by atoms with van der Waals surface area (Å²) in [5.74, 6) is 0. The van der Waals surface area contributed by atoms with Gasteiger partial charge in [-0.1, -0.05) is 13.3 Å². The molecule has 0 fully saturated rings. The second-order valence-electron chi connectivity index (χ2n) is 6.31. The first-order chi connectivity index (χ1) is 8.81. The number of rotatable bonds is 7. The predicted molar refractivity (Wildman–Crippen MR) is 84.8 cm³/mol. The van der Waals surface area contributed by atoms with E-state index in [1.54, 1.807) is 0 Å². The molecular formula is C16H29NOS. The fourth-order valence-electron chi connectivity index (χ4n) is 1.89. The van der Waals surface area contributed by atoms with Crippen LogP contribution in [-0.2, 0) is 17.9 Å². The third-order valence-corrected chi connectivity index (χ3v) is 4.18. The molecule has 1 heterocycles. The van der Waals surface area contributed by atoms with Crippen LogP contribution in [0, 0.1) is 6.92 Å². The van der Waals surface area contributed by atoms with E-state index in [1.165, 1.54) is 21.7 Å². The zero-order chi connectivity index (χ0) is 14.5. The molecule has 1 aromatic heterocycles. The van der Waals surface area contributed by atoms with Gasteiger partial charge in [-0.05, 0) is 52.7 Å². The number of hydrogen-bond acceptors (Lipinski definition) is 3. The smallest absolute Gasteiger partial charge is 0.0731 e. The van der Waals surface area contributed by atoms with Gasteiger partial charge in [0.25, 0.3) is 0 Å². The van der Waals surface area contributed by atoms with Crippen LogP contribution in [0.15, 0.2) is 6.07 Å². The summed E-state index contributed by atoms with van der Waals surface area (Å²) in [6.07, 6.45) is 2.69. The lowest BCUT2D eigenvalue weighted by atomic mass is 10.1. The van der Waals surface area contributed by atoms with Crippen molar-refractivity contribution < 1.29 is 4.74 Å². The molecule has 1 rings (SSSR count). The van der Waals surface area contributed by atoms with Crippen molar-refractivity contribution in [3.05, 3.63) is 21.4 Å². The first-order valence-corrected chi connectivity index (χ1v) is 8.08. The number of nitrogens with one attached hydrogen (secondary N) is 1. The van der Waals surface area contributed by atoms with Crippen molar-refractivity contribution >= 4 is 11.3 Å². The molecule has 1 atom stereocenters. The van der Waals surface area contributed by atoms with Crippen molar-refractivity contribution in [3.63, 3.8) is 0 Å². The Morgan fingerprint density at radius 2 is 2.05 bits per heavy atom. The topological polar surface area (TPSA) is 21.3 Å². The van der Waals surface area contributed by atoms with Crippen molar-refractivity contribution in [1.29, 1.82) is 0 Å². The Kier molecular flexibility index (Phi) is 6.51. The standard InChI is InChI=1S/C16H29NOS/c1-7-8-12(2)18-11-14-9-15(19-13(14)3)10-17-16(4,5)6/h9,12,17H,7-8,10-11H2,1-6H3. The molecule has 110 valence electrons. The molecule has 0 aliphatic heterocycles. The Morgan fingerprint density at radius 1 is 1.37 bits per heavy atom. The monoisotopic (exact) mass is 283 g/mol. The van der Waals surface area contributed by atoms with Crippen LogP contribution in [0.4, 0.5) is 0 Å². The Balaban J connectivity index is 2.49. The van der Waals surface area contributed by atoms with E-state index in [0.29, 0.717) is 6.10 Å². The van der Waals surface area contributed by atoms with E-state index in [4.69, 9.17) is 4.74 Å². The minimum atomic E-state index is 0.171. The number of aryl methyl sites for hydroxylation is 1. The zero-order valence-electron chi connectivity index (χ0n) is 13.3. The third-order valence-electron chi connectivity index (χ3n) is 3.08. The van der Waals surface area contributed by atoms with Crippen LogP contribution in [0.25, 0.3) is 0 Å². The summed E-state index contributed by atoms with van der Waals surface area (Å²) in [4.78, 5) is 2.78. The average molecular weight is 283 g/mol. The van der Waals surface area contributed by atoms with E-state index >= 15 is 0 Å². The summed E-state index contributed by atoms with van der Waals surface area (Å²) in [6, 6.07) is 2.29. The van der Waals surface area contributed by atoms with Crippen LogP contribution in [0.3, 0.4) is 0 Å². The lowest BCUT2D eigenvalue weighted by Crippen LogP contribution is -2.34. The van der Waals surface area contributed by atoms with E-state index in [0.717, 1.165) is 19.6 Å². The second-order valence-corrected chi connectivity index (χ2v) is 7.65. The van der Waals surface area contributed by atoms with Crippen LogP contribution in [0.5, 0.6) is 0 Å². The summed E-state index contributed by atoms with van der Waals surface area (Å²) in [7, 11) is 0. The summed E-state index contributed by atoms with van der Waals surface area (Å²) in [5, 5.41) is 3.53. The maximum atomic E-state index is 5.89. The molecule has 0 amide bonds. The van der Waals surface area contributed by atoms with Crippen molar-refractivity contribution in [3.8, 4) is 0 Å². The molecule has 0 radical (unpaired) electrons. The van der Waals surface area contributed by atoms with Crippen molar-refractivity contribution in [2.24, 2.45) is 0 Å². The SMILES string of the molecule is CCCC(C)OCc1cc(CNC(C)(C)C)sc1C. The molecule has 1 N–H and O–H groups in total. The quantitative estimate of drug-likeness (QED) is 0.786. The molecule has 19 heavy (non-hydrogen) atoms. The van der Waals surface area contributed by atoms with Crippen LogP contribution in [0.2, 0.25) is 0 Å². The van der Waals surface area contributed by atoms with Gasteiger partial charge in [-0.2, -0.15) is 0 Å². The lowest BCUT2D eigenvalue weighted by Gasteiger charge is -2.19. The van der Waals surface area contributed by atoms with Gasteiger partial charge in [0.15, 0.2) is 0 Å². The summed E-state index contributed by atoms with van der Waals surface area (Å²) in [5.41, 5.74) is 1.52. The van der Waals surface area contributed by atoms with Gasteiger partial charge in [-0.15, -0.1) is 11.3 Å². The highest BCUT2D eigenvalue weighted by atomic mass is 32.1. The van der Waals surface area contributed by atoms with Gasteiger partial charge in [-0.25, -0.2) is 0 Å². The van der Waals surface area contributed by atoms with E-state index in [1.807, 2.05) is 11.3 Å². The highest BCUT2D eigenvalue weighted by molar-refractivity contribution is 7.12. The largest absolute Gasteiger partial charge is 0.374 e. The molecule has 0 spiro atoms. The number of ether oxygens (including phenoxy) is 1. The maximum absolute atomic E-state index is 5.89. The normalized spacial score (nSPS) is 13.8. The van der Waals surface area contributed by atoms with Crippen LogP contribution in [-0.4, -0.2) is 11.6 Å². The molecular weight excluding hydrogens is 254 g/mol. The summed E-state index contributed by atoms with van der Waals surface area (Å²) in [6.45, 7) is 14.8. The van der Waals surface area contributed by atoms with Gasteiger partial charge in [0.1, 0.15) is 0 Å². The van der Waals surface area contributed by atoms with Gasteiger partial charge in [0, 0.05) is 21.8 Å². The maximum Gasteiger partial charge on any atom is 0.0731 e.